The molecule has 0 aromatic rings. The van der Waals surface area contributed by atoms with E-state index in [4.69, 9.17) is 5.11 Å². The van der Waals surface area contributed by atoms with Crippen LogP contribution in [0.2, 0.25) is 0 Å². The highest BCUT2D eigenvalue weighted by molar-refractivity contribution is 7.99. The first-order chi connectivity index (χ1) is 8.06. The second-order valence-corrected chi connectivity index (χ2v) is 5.35. The molecule has 17 heavy (non-hydrogen) atoms. The van der Waals surface area contributed by atoms with Crippen molar-refractivity contribution in [1.29, 1.82) is 0 Å². The molecule has 2 N–H and O–H groups in total. The Morgan fingerprint density at radius 3 is 2.71 bits per heavy atom. The molecule has 4 nitrogen and oxygen atoms in total. The maximum Gasteiger partial charge on any atom is 0.303 e. The monoisotopic (exact) mass is 261 g/mol. The maximum absolute atomic E-state index is 11.4. The second kappa shape index (κ2) is 10.4. The lowest BCUT2D eigenvalue weighted by atomic mass is 10.1. The first-order valence-electron chi connectivity index (χ1n) is 6.12. The Bertz CT molecular complexity index is 234. The third kappa shape index (κ3) is 11.6. The van der Waals surface area contributed by atoms with E-state index in [1.165, 1.54) is 0 Å². The van der Waals surface area contributed by atoms with Gasteiger partial charge in [-0.25, -0.2) is 0 Å². The largest absolute Gasteiger partial charge is 0.481 e. The van der Waals surface area contributed by atoms with Crippen LogP contribution in [0.15, 0.2) is 0 Å². The molecule has 0 aliphatic carbocycles. The van der Waals surface area contributed by atoms with E-state index in [0.29, 0.717) is 18.7 Å². The van der Waals surface area contributed by atoms with Crippen LogP contribution in [0.25, 0.3) is 0 Å². The summed E-state index contributed by atoms with van der Waals surface area (Å²) >= 11 is 1.65. The predicted molar refractivity (Wildman–Crippen MR) is 71.3 cm³/mol. The molecule has 0 saturated carbocycles. The molecule has 0 radical (unpaired) electrons. The van der Waals surface area contributed by atoms with Gasteiger partial charge in [0.15, 0.2) is 0 Å². The van der Waals surface area contributed by atoms with Crippen molar-refractivity contribution in [3.8, 4) is 0 Å². The second-order valence-electron chi connectivity index (χ2n) is 4.25. The van der Waals surface area contributed by atoms with Gasteiger partial charge in [-0.2, -0.15) is 11.8 Å². The van der Waals surface area contributed by atoms with Crippen molar-refractivity contribution in [3.63, 3.8) is 0 Å². The number of thioether (sulfide) groups is 1. The SMILES string of the molecule is CCCCSCC(=O)NCC(C)CCC(=O)O. The topological polar surface area (TPSA) is 66.4 Å². The standard InChI is InChI=1S/C12H23NO3S/c1-3-4-7-17-9-11(14)13-8-10(2)5-6-12(15)16/h10H,3-9H2,1-2H3,(H,13,14)(H,15,16). The number of carbonyl (C=O) groups excluding carboxylic acids is 1. The number of hydrogen-bond donors (Lipinski definition) is 2. The third-order valence-electron chi connectivity index (χ3n) is 2.37. The Morgan fingerprint density at radius 1 is 1.41 bits per heavy atom. The summed E-state index contributed by atoms with van der Waals surface area (Å²) in [6.07, 6.45) is 3.08. The lowest BCUT2D eigenvalue weighted by Crippen LogP contribution is -2.30. The summed E-state index contributed by atoms with van der Waals surface area (Å²) in [5.41, 5.74) is 0. The molecular formula is C12H23NO3S. The number of rotatable bonds is 10. The van der Waals surface area contributed by atoms with Crippen LogP contribution in [0, 0.1) is 5.92 Å². The maximum atomic E-state index is 11.4. The van der Waals surface area contributed by atoms with Crippen LogP contribution in [0.1, 0.15) is 39.5 Å². The average Bonchev–Trinajstić information content (AvgIpc) is 2.29. The van der Waals surface area contributed by atoms with Crippen molar-refractivity contribution < 1.29 is 14.7 Å². The number of unbranched alkanes of at least 4 members (excludes halogenated alkanes) is 1. The van der Waals surface area contributed by atoms with E-state index in [-0.39, 0.29) is 18.2 Å². The molecule has 1 atom stereocenters. The normalized spacial score (nSPS) is 12.1. The quantitative estimate of drug-likeness (QED) is 0.591. The Hall–Kier alpha value is -0.710. The van der Waals surface area contributed by atoms with Crippen LogP contribution >= 0.6 is 11.8 Å². The molecule has 0 spiro atoms. The lowest BCUT2D eigenvalue weighted by molar-refractivity contribution is -0.137. The number of carboxylic acid groups (broad SMARTS) is 1. The molecule has 0 fully saturated rings. The summed E-state index contributed by atoms with van der Waals surface area (Å²) in [5.74, 6) is 1.02. The minimum Gasteiger partial charge on any atom is -0.481 e. The highest BCUT2D eigenvalue weighted by atomic mass is 32.2. The van der Waals surface area contributed by atoms with Gasteiger partial charge in [-0.05, 0) is 24.5 Å². The molecule has 5 heteroatoms. The van der Waals surface area contributed by atoms with Gasteiger partial charge >= 0.3 is 5.97 Å². The molecule has 1 amide bonds. The summed E-state index contributed by atoms with van der Waals surface area (Å²) in [6.45, 7) is 4.65. The summed E-state index contributed by atoms with van der Waals surface area (Å²) in [4.78, 5) is 21.8. The number of carboxylic acids is 1. The van der Waals surface area contributed by atoms with Crippen molar-refractivity contribution in [2.45, 2.75) is 39.5 Å². The highest BCUT2D eigenvalue weighted by Gasteiger charge is 2.07. The van der Waals surface area contributed by atoms with E-state index in [9.17, 15) is 9.59 Å². The van der Waals surface area contributed by atoms with Gasteiger partial charge < -0.3 is 10.4 Å². The van der Waals surface area contributed by atoms with Gasteiger partial charge in [-0.3, -0.25) is 9.59 Å². The van der Waals surface area contributed by atoms with E-state index in [1.807, 2.05) is 6.92 Å². The minimum absolute atomic E-state index is 0.0493. The molecule has 0 aromatic carbocycles. The Labute approximate surface area is 108 Å². The predicted octanol–water partition coefficient (Wildman–Crippen LogP) is 2.14. The molecule has 1 unspecified atom stereocenters. The summed E-state index contributed by atoms with van der Waals surface area (Å²) < 4.78 is 0. The van der Waals surface area contributed by atoms with E-state index >= 15 is 0 Å². The zero-order valence-corrected chi connectivity index (χ0v) is 11.5. The zero-order valence-electron chi connectivity index (χ0n) is 10.7. The Morgan fingerprint density at radius 2 is 2.12 bits per heavy atom. The van der Waals surface area contributed by atoms with Crippen molar-refractivity contribution in [1.82, 2.24) is 5.32 Å². The summed E-state index contributed by atoms with van der Waals surface area (Å²) in [6, 6.07) is 0. The minimum atomic E-state index is -0.779. The van der Waals surface area contributed by atoms with Crippen LogP contribution in [0.3, 0.4) is 0 Å². The number of amides is 1. The first-order valence-corrected chi connectivity index (χ1v) is 7.28. The van der Waals surface area contributed by atoms with Gasteiger partial charge in [0, 0.05) is 13.0 Å². The van der Waals surface area contributed by atoms with Crippen LogP contribution in [-0.4, -0.2) is 35.0 Å². The van der Waals surface area contributed by atoms with Crippen LogP contribution < -0.4 is 5.32 Å². The van der Waals surface area contributed by atoms with Crippen molar-refractivity contribution in [3.05, 3.63) is 0 Å². The molecule has 0 aliphatic rings. The molecule has 0 heterocycles. The molecule has 0 aliphatic heterocycles. The fourth-order valence-corrected chi connectivity index (χ4v) is 2.15. The highest BCUT2D eigenvalue weighted by Crippen LogP contribution is 2.05. The molecule has 100 valence electrons. The van der Waals surface area contributed by atoms with Crippen LogP contribution in [-0.2, 0) is 9.59 Å². The number of carbonyl (C=O) groups is 2. The van der Waals surface area contributed by atoms with E-state index in [2.05, 4.69) is 12.2 Å². The fraction of sp³-hybridized carbons (Fsp3) is 0.833. The fourth-order valence-electron chi connectivity index (χ4n) is 1.22. The first kappa shape index (κ1) is 16.3. The van der Waals surface area contributed by atoms with Gasteiger partial charge in [0.2, 0.25) is 5.91 Å². The average molecular weight is 261 g/mol. The van der Waals surface area contributed by atoms with Crippen molar-refractivity contribution >= 4 is 23.6 Å². The molecule has 0 aromatic heterocycles. The number of nitrogens with one attached hydrogen (secondary N) is 1. The van der Waals surface area contributed by atoms with Gasteiger partial charge in [-0.15, -0.1) is 0 Å². The third-order valence-corrected chi connectivity index (χ3v) is 3.42. The van der Waals surface area contributed by atoms with E-state index in [0.717, 1.165) is 18.6 Å². The van der Waals surface area contributed by atoms with Crippen molar-refractivity contribution in [2.24, 2.45) is 5.92 Å². The van der Waals surface area contributed by atoms with Gasteiger partial charge in [0.05, 0.1) is 5.75 Å². The zero-order chi connectivity index (χ0) is 13.1. The van der Waals surface area contributed by atoms with Crippen molar-refractivity contribution in [2.75, 3.05) is 18.1 Å². The molecule has 0 saturated heterocycles. The molecule has 0 bridgehead atoms. The van der Waals surface area contributed by atoms with Crippen LogP contribution in [0.5, 0.6) is 0 Å². The van der Waals surface area contributed by atoms with E-state index in [1.54, 1.807) is 11.8 Å². The summed E-state index contributed by atoms with van der Waals surface area (Å²) in [5, 5.41) is 11.3. The lowest BCUT2D eigenvalue weighted by Gasteiger charge is -2.11. The number of aliphatic carboxylic acids is 1. The van der Waals surface area contributed by atoms with Gasteiger partial charge in [-0.1, -0.05) is 20.3 Å². The van der Waals surface area contributed by atoms with Gasteiger partial charge in [0.1, 0.15) is 0 Å². The molecular weight excluding hydrogens is 238 g/mol. The Balaban J connectivity index is 3.45. The van der Waals surface area contributed by atoms with E-state index < -0.39 is 5.97 Å². The number of hydrogen-bond acceptors (Lipinski definition) is 3. The van der Waals surface area contributed by atoms with Crippen LogP contribution in [0.4, 0.5) is 0 Å². The van der Waals surface area contributed by atoms with Gasteiger partial charge in [0.25, 0.3) is 0 Å². The summed E-state index contributed by atoms with van der Waals surface area (Å²) in [7, 11) is 0. The molecule has 0 rings (SSSR count). The smallest absolute Gasteiger partial charge is 0.303 e. The Kier molecular flexibility index (Phi) is 10.0.